The first-order valence-electron chi connectivity index (χ1n) is 5.88. The van der Waals surface area contributed by atoms with Gasteiger partial charge in [0.05, 0.1) is 16.1 Å². The van der Waals surface area contributed by atoms with Gasteiger partial charge in [0.2, 0.25) is 0 Å². The molecule has 2 aromatic rings. The van der Waals surface area contributed by atoms with E-state index < -0.39 is 0 Å². The quantitative estimate of drug-likeness (QED) is 0.890. The van der Waals surface area contributed by atoms with Gasteiger partial charge in [-0.15, -0.1) is 0 Å². The summed E-state index contributed by atoms with van der Waals surface area (Å²) in [5.41, 5.74) is 2.02. The molecule has 2 rings (SSSR count). The first-order chi connectivity index (χ1) is 8.60. The molecule has 0 spiro atoms. The van der Waals surface area contributed by atoms with Gasteiger partial charge in [-0.2, -0.15) is 0 Å². The second-order valence-electron chi connectivity index (χ2n) is 4.29. The SMILES string of the molecule is CCC(O)c1ccn(Cc2ccc(Cl)c(Cl)c2)c1. The molecule has 1 aromatic carbocycles. The van der Waals surface area contributed by atoms with Crippen LogP contribution in [0.1, 0.15) is 30.6 Å². The molecule has 0 aliphatic rings. The minimum Gasteiger partial charge on any atom is -0.388 e. The monoisotopic (exact) mass is 283 g/mol. The predicted octanol–water partition coefficient (Wildman–Crippen LogP) is 4.29. The van der Waals surface area contributed by atoms with Gasteiger partial charge >= 0.3 is 0 Å². The molecule has 2 nitrogen and oxygen atoms in total. The minimum atomic E-state index is -0.389. The fourth-order valence-corrected chi connectivity index (χ4v) is 2.16. The van der Waals surface area contributed by atoms with Crippen molar-refractivity contribution in [2.75, 3.05) is 0 Å². The third kappa shape index (κ3) is 3.08. The lowest BCUT2D eigenvalue weighted by atomic mass is 10.1. The summed E-state index contributed by atoms with van der Waals surface area (Å²) in [6.45, 7) is 2.67. The third-order valence-corrected chi connectivity index (χ3v) is 3.63. The summed E-state index contributed by atoms with van der Waals surface area (Å²) in [5, 5.41) is 10.9. The number of hydrogen-bond donors (Lipinski definition) is 1. The average molecular weight is 284 g/mol. The van der Waals surface area contributed by atoms with Gasteiger partial charge in [0, 0.05) is 18.9 Å². The maximum absolute atomic E-state index is 9.74. The second-order valence-corrected chi connectivity index (χ2v) is 5.10. The molecule has 1 N–H and O–H groups in total. The fourth-order valence-electron chi connectivity index (χ4n) is 1.84. The Kier molecular flexibility index (Phi) is 4.33. The van der Waals surface area contributed by atoms with Gasteiger partial charge in [0.1, 0.15) is 0 Å². The molecule has 0 fully saturated rings. The Morgan fingerprint density at radius 2 is 2.00 bits per heavy atom. The van der Waals surface area contributed by atoms with Crippen molar-refractivity contribution in [1.29, 1.82) is 0 Å². The van der Waals surface area contributed by atoms with Crippen LogP contribution in [0.5, 0.6) is 0 Å². The molecule has 1 atom stereocenters. The van der Waals surface area contributed by atoms with Crippen LogP contribution in [0.2, 0.25) is 10.0 Å². The first kappa shape index (κ1) is 13.5. The number of nitrogens with zero attached hydrogens (tertiary/aromatic N) is 1. The highest BCUT2D eigenvalue weighted by Crippen LogP contribution is 2.23. The molecule has 4 heteroatoms. The highest BCUT2D eigenvalue weighted by molar-refractivity contribution is 6.42. The van der Waals surface area contributed by atoms with E-state index in [4.69, 9.17) is 23.2 Å². The molecular formula is C14H15Cl2NO. The van der Waals surface area contributed by atoms with Crippen molar-refractivity contribution in [3.05, 3.63) is 57.8 Å². The molecule has 0 aliphatic heterocycles. The van der Waals surface area contributed by atoms with E-state index >= 15 is 0 Å². The van der Waals surface area contributed by atoms with Crippen LogP contribution in [-0.4, -0.2) is 9.67 Å². The Morgan fingerprint density at radius 3 is 2.67 bits per heavy atom. The standard InChI is InChI=1S/C14H15Cl2NO/c1-2-14(18)11-5-6-17(9-11)8-10-3-4-12(15)13(16)7-10/h3-7,9,14,18H,2,8H2,1H3. The summed E-state index contributed by atoms with van der Waals surface area (Å²) >= 11 is 11.9. The Balaban J connectivity index is 2.13. The van der Waals surface area contributed by atoms with E-state index in [-0.39, 0.29) is 6.10 Å². The molecule has 0 saturated carbocycles. The highest BCUT2D eigenvalue weighted by Gasteiger charge is 2.07. The van der Waals surface area contributed by atoms with Crippen LogP contribution in [0.4, 0.5) is 0 Å². The zero-order valence-electron chi connectivity index (χ0n) is 10.1. The van der Waals surface area contributed by atoms with Crippen molar-refractivity contribution >= 4 is 23.2 Å². The summed E-state index contributed by atoms with van der Waals surface area (Å²) in [5.74, 6) is 0. The van der Waals surface area contributed by atoms with Crippen LogP contribution < -0.4 is 0 Å². The number of rotatable bonds is 4. The predicted molar refractivity (Wildman–Crippen MR) is 75.2 cm³/mol. The smallest absolute Gasteiger partial charge is 0.0802 e. The van der Waals surface area contributed by atoms with E-state index in [2.05, 4.69) is 0 Å². The van der Waals surface area contributed by atoms with Crippen molar-refractivity contribution in [1.82, 2.24) is 4.57 Å². The maximum Gasteiger partial charge on any atom is 0.0802 e. The molecule has 0 amide bonds. The van der Waals surface area contributed by atoms with E-state index in [0.717, 1.165) is 17.5 Å². The zero-order valence-corrected chi connectivity index (χ0v) is 11.6. The van der Waals surface area contributed by atoms with Gasteiger partial charge in [0.15, 0.2) is 0 Å². The lowest BCUT2D eigenvalue weighted by Gasteiger charge is -2.06. The number of benzene rings is 1. The Labute approximate surface area is 117 Å². The van der Waals surface area contributed by atoms with Crippen molar-refractivity contribution in [3.8, 4) is 0 Å². The number of hydrogen-bond acceptors (Lipinski definition) is 1. The van der Waals surface area contributed by atoms with Gasteiger partial charge < -0.3 is 9.67 Å². The van der Waals surface area contributed by atoms with E-state index in [9.17, 15) is 5.11 Å². The van der Waals surface area contributed by atoms with E-state index in [1.807, 2.05) is 42.1 Å². The molecule has 0 saturated heterocycles. The van der Waals surface area contributed by atoms with Crippen LogP contribution >= 0.6 is 23.2 Å². The lowest BCUT2D eigenvalue weighted by Crippen LogP contribution is -1.97. The highest BCUT2D eigenvalue weighted by atomic mass is 35.5. The molecule has 1 heterocycles. The van der Waals surface area contributed by atoms with Crippen LogP contribution in [0.25, 0.3) is 0 Å². The molecule has 0 radical (unpaired) electrons. The van der Waals surface area contributed by atoms with Crippen molar-refractivity contribution < 1.29 is 5.11 Å². The Hall–Kier alpha value is -0.960. The summed E-state index contributed by atoms with van der Waals surface area (Å²) in [4.78, 5) is 0. The Bertz CT molecular complexity index is 536. The normalized spacial score (nSPS) is 12.7. The van der Waals surface area contributed by atoms with Gasteiger partial charge in [-0.25, -0.2) is 0 Å². The third-order valence-electron chi connectivity index (χ3n) is 2.89. The van der Waals surface area contributed by atoms with Crippen LogP contribution in [0.15, 0.2) is 36.7 Å². The van der Waals surface area contributed by atoms with Crippen LogP contribution in [0.3, 0.4) is 0 Å². The summed E-state index contributed by atoms with van der Waals surface area (Å²) in [7, 11) is 0. The summed E-state index contributed by atoms with van der Waals surface area (Å²) in [6.07, 6.45) is 4.24. The minimum absolute atomic E-state index is 0.389. The molecule has 18 heavy (non-hydrogen) atoms. The largest absolute Gasteiger partial charge is 0.388 e. The van der Waals surface area contributed by atoms with E-state index in [1.54, 1.807) is 6.07 Å². The van der Waals surface area contributed by atoms with Gasteiger partial charge in [0.25, 0.3) is 0 Å². The maximum atomic E-state index is 9.74. The Morgan fingerprint density at radius 1 is 1.22 bits per heavy atom. The van der Waals surface area contributed by atoms with Crippen molar-refractivity contribution in [3.63, 3.8) is 0 Å². The van der Waals surface area contributed by atoms with Crippen LogP contribution in [0, 0.1) is 0 Å². The number of aromatic nitrogens is 1. The summed E-state index contributed by atoms with van der Waals surface area (Å²) in [6, 6.07) is 7.54. The number of halogens is 2. The molecule has 96 valence electrons. The number of aliphatic hydroxyl groups excluding tert-OH is 1. The molecule has 0 aliphatic carbocycles. The van der Waals surface area contributed by atoms with E-state index in [1.165, 1.54) is 0 Å². The van der Waals surface area contributed by atoms with Gasteiger partial charge in [-0.1, -0.05) is 36.2 Å². The fraction of sp³-hybridized carbons (Fsp3) is 0.286. The average Bonchev–Trinajstić information content (AvgIpc) is 2.81. The van der Waals surface area contributed by atoms with E-state index in [0.29, 0.717) is 16.6 Å². The van der Waals surface area contributed by atoms with Crippen molar-refractivity contribution in [2.45, 2.75) is 26.0 Å². The topological polar surface area (TPSA) is 25.2 Å². The van der Waals surface area contributed by atoms with Crippen LogP contribution in [-0.2, 0) is 6.54 Å². The number of aliphatic hydroxyl groups is 1. The van der Waals surface area contributed by atoms with Gasteiger partial charge in [-0.3, -0.25) is 0 Å². The lowest BCUT2D eigenvalue weighted by molar-refractivity contribution is 0.173. The molecular weight excluding hydrogens is 269 g/mol. The first-order valence-corrected chi connectivity index (χ1v) is 6.63. The molecule has 0 bridgehead atoms. The van der Waals surface area contributed by atoms with Crippen molar-refractivity contribution in [2.24, 2.45) is 0 Å². The second kappa shape index (κ2) is 5.79. The summed E-state index contributed by atoms with van der Waals surface area (Å²) < 4.78 is 2.02. The molecule has 1 aromatic heterocycles. The zero-order chi connectivity index (χ0) is 13.1. The molecule has 1 unspecified atom stereocenters. The van der Waals surface area contributed by atoms with Gasteiger partial charge in [-0.05, 0) is 35.7 Å².